The molecule has 0 aliphatic carbocycles. The summed E-state index contributed by atoms with van der Waals surface area (Å²) in [5.74, 6) is 0.546. The molecule has 0 aromatic heterocycles. The van der Waals surface area contributed by atoms with Gasteiger partial charge in [-0.1, -0.05) is 37.3 Å². The van der Waals surface area contributed by atoms with Crippen molar-refractivity contribution < 1.29 is 19.1 Å². The predicted molar refractivity (Wildman–Crippen MR) is 122 cm³/mol. The number of anilines is 2. The monoisotopic (exact) mass is 418 g/mol. The number of nitrogens with one attached hydrogen (secondary N) is 2. The molecule has 31 heavy (non-hydrogen) atoms. The Labute approximate surface area is 182 Å². The molecule has 0 fully saturated rings. The first-order valence-electron chi connectivity index (χ1n) is 10.1. The van der Waals surface area contributed by atoms with Crippen LogP contribution < -0.4 is 20.1 Å². The third-order valence-electron chi connectivity index (χ3n) is 4.84. The molecule has 3 aromatic rings. The van der Waals surface area contributed by atoms with Gasteiger partial charge in [0.15, 0.2) is 6.61 Å². The molecule has 0 saturated heterocycles. The maximum absolute atomic E-state index is 12.5. The Kier molecular flexibility index (Phi) is 7.27. The highest BCUT2D eigenvalue weighted by molar-refractivity contribution is 6.06. The van der Waals surface area contributed by atoms with Crippen LogP contribution in [0, 0.1) is 6.92 Å². The highest BCUT2D eigenvalue weighted by Crippen LogP contribution is 2.22. The number of ether oxygens (including phenoxy) is 2. The lowest BCUT2D eigenvalue weighted by Gasteiger charge is -2.13. The van der Waals surface area contributed by atoms with E-state index >= 15 is 0 Å². The van der Waals surface area contributed by atoms with E-state index in [1.807, 2.05) is 25.1 Å². The van der Waals surface area contributed by atoms with Crippen LogP contribution in [0.1, 0.15) is 28.4 Å². The molecule has 2 N–H and O–H groups in total. The van der Waals surface area contributed by atoms with E-state index in [9.17, 15) is 9.59 Å². The molecule has 0 aliphatic rings. The van der Waals surface area contributed by atoms with Crippen molar-refractivity contribution >= 4 is 23.2 Å². The minimum Gasteiger partial charge on any atom is -0.496 e. The lowest BCUT2D eigenvalue weighted by Crippen LogP contribution is -2.21. The number of rotatable bonds is 8. The first-order valence-corrected chi connectivity index (χ1v) is 10.1. The Bertz CT molecular complexity index is 1060. The predicted octanol–water partition coefficient (Wildman–Crippen LogP) is 4.84. The Balaban J connectivity index is 1.56. The van der Waals surface area contributed by atoms with Crippen LogP contribution in [0.3, 0.4) is 0 Å². The van der Waals surface area contributed by atoms with Gasteiger partial charge >= 0.3 is 0 Å². The third kappa shape index (κ3) is 5.63. The van der Waals surface area contributed by atoms with Crippen LogP contribution in [0.15, 0.2) is 66.7 Å². The summed E-state index contributed by atoms with van der Waals surface area (Å²) in [6.07, 6.45) is 0.834. The number of hydrogen-bond donors (Lipinski definition) is 2. The number of hydrogen-bond acceptors (Lipinski definition) is 4. The van der Waals surface area contributed by atoms with Crippen LogP contribution in [0.25, 0.3) is 0 Å². The molecule has 3 rings (SSSR count). The molecule has 160 valence electrons. The third-order valence-corrected chi connectivity index (χ3v) is 4.84. The minimum absolute atomic E-state index is 0.107. The number of para-hydroxylation sites is 2. The molecule has 0 saturated carbocycles. The molecule has 6 nitrogen and oxygen atoms in total. The summed E-state index contributed by atoms with van der Waals surface area (Å²) in [5.41, 5.74) is 4.00. The zero-order valence-electron chi connectivity index (χ0n) is 17.9. The number of carbonyl (C=O) groups is 2. The fraction of sp³-hybridized carbons (Fsp3) is 0.200. The van der Waals surface area contributed by atoms with Crippen molar-refractivity contribution in [2.45, 2.75) is 20.3 Å². The summed E-state index contributed by atoms with van der Waals surface area (Å²) >= 11 is 0. The Morgan fingerprint density at radius 3 is 2.35 bits per heavy atom. The zero-order chi connectivity index (χ0) is 22.2. The maximum atomic E-state index is 12.5. The number of amides is 2. The number of carbonyl (C=O) groups excluding carboxylic acids is 2. The van der Waals surface area contributed by atoms with Crippen LogP contribution in [0.2, 0.25) is 0 Å². The normalized spacial score (nSPS) is 10.3. The topological polar surface area (TPSA) is 76.7 Å². The van der Waals surface area contributed by atoms with Crippen LogP contribution >= 0.6 is 0 Å². The van der Waals surface area contributed by atoms with Crippen molar-refractivity contribution in [1.29, 1.82) is 0 Å². The summed E-state index contributed by atoms with van der Waals surface area (Å²) in [6, 6.07) is 19.8. The largest absolute Gasteiger partial charge is 0.496 e. The molecule has 0 heterocycles. The zero-order valence-corrected chi connectivity index (χ0v) is 17.9. The van der Waals surface area contributed by atoms with E-state index in [-0.39, 0.29) is 18.4 Å². The fourth-order valence-corrected chi connectivity index (χ4v) is 3.19. The fourth-order valence-electron chi connectivity index (χ4n) is 3.19. The lowest BCUT2D eigenvalue weighted by molar-refractivity contribution is -0.118. The van der Waals surface area contributed by atoms with Gasteiger partial charge in [0.05, 0.1) is 12.7 Å². The summed E-state index contributed by atoms with van der Waals surface area (Å²) in [4.78, 5) is 24.8. The molecule has 0 spiro atoms. The van der Waals surface area contributed by atoms with Crippen molar-refractivity contribution in [2.75, 3.05) is 24.4 Å². The van der Waals surface area contributed by atoms with E-state index in [1.54, 1.807) is 48.5 Å². The van der Waals surface area contributed by atoms with Gasteiger partial charge in [-0.05, 0) is 60.9 Å². The standard InChI is InChI=1S/C25H26N2O4/c1-4-18-9-7-8-17(2)24(18)27-23(28)16-31-20-14-12-19(13-15-20)26-25(29)21-10-5-6-11-22(21)30-3/h5-15H,4,16H2,1-3H3,(H,26,29)(H,27,28). The van der Waals surface area contributed by atoms with E-state index in [0.29, 0.717) is 22.7 Å². The smallest absolute Gasteiger partial charge is 0.262 e. The molecule has 6 heteroatoms. The second kappa shape index (κ2) is 10.3. The van der Waals surface area contributed by atoms with E-state index in [0.717, 1.165) is 23.2 Å². The number of benzene rings is 3. The molecule has 0 unspecified atom stereocenters. The Morgan fingerprint density at radius 1 is 0.903 bits per heavy atom. The van der Waals surface area contributed by atoms with E-state index in [2.05, 4.69) is 17.6 Å². The summed E-state index contributed by atoms with van der Waals surface area (Å²) < 4.78 is 10.8. The summed E-state index contributed by atoms with van der Waals surface area (Å²) in [5, 5.41) is 5.76. The average Bonchev–Trinajstić information content (AvgIpc) is 2.79. The minimum atomic E-state index is -0.268. The molecule has 2 amide bonds. The van der Waals surface area contributed by atoms with Crippen LogP contribution in [0.4, 0.5) is 11.4 Å². The van der Waals surface area contributed by atoms with E-state index in [4.69, 9.17) is 9.47 Å². The first-order chi connectivity index (χ1) is 15.0. The molecular weight excluding hydrogens is 392 g/mol. The summed E-state index contributed by atoms with van der Waals surface area (Å²) in [6.45, 7) is 3.91. The number of aryl methyl sites for hydroxylation is 2. The van der Waals surface area contributed by atoms with Crippen molar-refractivity contribution in [3.8, 4) is 11.5 Å². The molecule has 0 aliphatic heterocycles. The van der Waals surface area contributed by atoms with Gasteiger partial charge in [-0.15, -0.1) is 0 Å². The molecule has 3 aromatic carbocycles. The van der Waals surface area contributed by atoms with Gasteiger partial charge in [0.2, 0.25) is 0 Å². The van der Waals surface area contributed by atoms with Gasteiger partial charge in [-0.25, -0.2) is 0 Å². The van der Waals surface area contributed by atoms with Gasteiger partial charge in [-0.3, -0.25) is 9.59 Å². The first kappa shape index (κ1) is 21.9. The van der Waals surface area contributed by atoms with Crippen LogP contribution in [-0.4, -0.2) is 25.5 Å². The Morgan fingerprint density at radius 2 is 1.65 bits per heavy atom. The SMILES string of the molecule is CCc1cccc(C)c1NC(=O)COc1ccc(NC(=O)c2ccccc2OC)cc1. The second-order valence-corrected chi connectivity index (χ2v) is 6.98. The van der Waals surface area contributed by atoms with Gasteiger partial charge in [0.25, 0.3) is 11.8 Å². The number of methoxy groups -OCH3 is 1. The highest BCUT2D eigenvalue weighted by atomic mass is 16.5. The lowest BCUT2D eigenvalue weighted by atomic mass is 10.1. The molecule has 0 bridgehead atoms. The van der Waals surface area contributed by atoms with Gasteiger partial charge in [-0.2, -0.15) is 0 Å². The van der Waals surface area contributed by atoms with Crippen molar-refractivity contribution in [3.05, 3.63) is 83.4 Å². The van der Waals surface area contributed by atoms with Gasteiger partial charge in [0.1, 0.15) is 11.5 Å². The van der Waals surface area contributed by atoms with Gasteiger partial charge in [0, 0.05) is 11.4 Å². The van der Waals surface area contributed by atoms with E-state index < -0.39 is 0 Å². The van der Waals surface area contributed by atoms with Crippen LogP contribution in [0.5, 0.6) is 11.5 Å². The summed E-state index contributed by atoms with van der Waals surface area (Å²) in [7, 11) is 1.52. The van der Waals surface area contributed by atoms with Crippen LogP contribution in [-0.2, 0) is 11.2 Å². The molecule has 0 atom stereocenters. The Hall–Kier alpha value is -3.80. The molecular formula is C25H26N2O4. The van der Waals surface area contributed by atoms with Crippen molar-refractivity contribution in [1.82, 2.24) is 0 Å². The van der Waals surface area contributed by atoms with E-state index in [1.165, 1.54) is 7.11 Å². The van der Waals surface area contributed by atoms with Crippen molar-refractivity contribution in [2.24, 2.45) is 0 Å². The average molecular weight is 418 g/mol. The molecule has 0 radical (unpaired) electrons. The quantitative estimate of drug-likeness (QED) is 0.549. The highest BCUT2D eigenvalue weighted by Gasteiger charge is 2.12. The van der Waals surface area contributed by atoms with Gasteiger partial charge < -0.3 is 20.1 Å². The maximum Gasteiger partial charge on any atom is 0.262 e. The second-order valence-electron chi connectivity index (χ2n) is 6.98. The van der Waals surface area contributed by atoms with Crippen molar-refractivity contribution in [3.63, 3.8) is 0 Å².